The minimum absolute atomic E-state index is 0.199. The Morgan fingerprint density at radius 1 is 1.05 bits per heavy atom. The number of rotatable bonds is 2. The lowest BCUT2D eigenvalue weighted by Crippen LogP contribution is -2.13. The van der Waals surface area contributed by atoms with Crippen LogP contribution in [-0.4, -0.2) is 16.1 Å². The molecule has 0 saturated carbocycles. The first-order valence-electron chi connectivity index (χ1n) is 6.01. The minimum Gasteiger partial charge on any atom is -0.305 e. The summed E-state index contributed by atoms with van der Waals surface area (Å²) >= 11 is 3.43. The predicted octanol–water partition coefficient (Wildman–Crippen LogP) is 3.64. The molecule has 3 aromatic rings. The van der Waals surface area contributed by atoms with Crippen molar-refractivity contribution >= 4 is 38.4 Å². The quantitative estimate of drug-likeness (QED) is 0.781. The molecule has 0 atom stereocenters. The zero-order valence-corrected chi connectivity index (χ0v) is 12.0. The fourth-order valence-corrected chi connectivity index (χ4v) is 2.29. The van der Waals surface area contributed by atoms with Crippen LogP contribution in [0.5, 0.6) is 0 Å². The average molecular weight is 328 g/mol. The van der Waals surface area contributed by atoms with Crippen molar-refractivity contribution < 1.29 is 4.79 Å². The molecule has 1 heterocycles. The number of fused-ring (bicyclic) bond motifs is 1. The van der Waals surface area contributed by atoms with Crippen LogP contribution in [0.3, 0.4) is 0 Å². The van der Waals surface area contributed by atoms with Gasteiger partial charge in [-0.15, -0.1) is 5.10 Å². The van der Waals surface area contributed by atoms with Gasteiger partial charge in [-0.2, -0.15) is 5.10 Å². The molecule has 98 valence electrons. The molecule has 0 aliphatic heterocycles. The van der Waals surface area contributed by atoms with E-state index in [9.17, 15) is 4.79 Å². The van der Waals surface area contributed by atoms with Crippen molar-refractivity contribution in [1.82, 2.24) is 10.2 Å². The van der Waals surface area contributed by atoms with Crippen LogP contribution in [0.4, 0.5) is 5.82 Å². The maximum atomic E-state index is 12.1. The topological polar surface area (TPSA) is 54.9 Å². The van der Waals surface area contributed by atoms with E-state index in [0.717, 1.165) is 15.2 Å². The molecule has 0 bridgehead atoms. The van der Waals surface area contributed by atoms with Crippen LogP contribution in [-0.2, 0) is 0 Å². The lowest BCUT2D eigenvalue weighted by atomic mass is 10.1. The second-order valence-electron chi connectivity index (χ2n) is 4.27. The molecule has 0 spiro atoms. The number of aromatic nitrogens is 2. The molecular weight excluding hydrogens is 318 g/mol. The number of benzene rings is 2. The zero-order valence-electron chi connectivity index (χ0n) is 10.4. The Balaban J connectivity index is 1.90. The number of hydrogen-bond donors (Lipinski definition) is 1. The maximum absolute atomic E-state index is 12.1. The molecule has 1 N–H and O–H groups in total. The van der Waals surface area contributed by atoms with Crippen LogP contribution in [0.2, 0.25) is 0 Å². The van der Waals surface area contributed by atoms with E-state index in [1.165, 1.54) is 0 Å². The number of nitrogens with zero attached hydrogens (tertiary/aromatic N) is 2. The van der Waals surface area contributed by atoms with Crippen molar-refractivity contribution in [2.45, 2.75) is 0 Å². The summed E-state index contributed by atoms with van der Waals surface area (Å²) in [6.07, 6.45) is 1.56. The minimum atomic E-state index is -0.199. The average Bonchev–Trinajstić information content (AvgIpc) is 2.47. The van der Waals surface area contributed by atoms with E-state index < -0.39 is 0 Å². The van der Waals surface area contributed by atoms with Gasteiger partial charge >= 0.3 is 0 Å². The van der Waals surface area contributed by atoms with Crippen molar-refractivity contribution in [2.24, 2.45) is 0 Å². The molecule has 5 heteroatoms. The molecule has 0 saturated heterocycles. The highest BCUT2D eigenvalue weighted by Gasteiger charge is 2.07. The third-order valence-corrected chi connectivity index (χ3v) is 3.37. The van der Waals surface area contributed by atoms with Gasteiger partial charge < -0.3 is 5.32 Å². The van der Waals surface area contributed by atoms with E-state index in [0.29, 0.717) is 11.4 Å². The molecule has 1 amide bonds. The largest absolute Gasteiger partial charge is 0.305 e. The highest BCUT2D eigenvalue weighted by atomic mass is 79.9. The van der Waals surface area contributed by atoms with Crippen molar-refractivity contribution in [3.05, 3.63) is 64.8 Å². The van der Waals surface area contributed by atoms with Gasteiger partial charge in [0.25, 0.3) is 5.91 Å². The Labute approximate surface area is 124 Å². The molecule has 0 fully saturated rings. The van der Waals surface area contributed by atoms with E-state index in [2.05, 4.69) is 31.4 Å². The number of carbonyl (C=O) groups excluding carboxylic acids is 1. The van der Waals surface area contributed by atoms with Crippen LogP contribution in [0.1, 0.15) is 10.4 Å². The SMILES string of the molecule is O=C(Nc1cccnn1)c1ccc2cc(Br)ccc2c1. The number of nitrogens with one attached hydrogen (secondary N) is 1. The van der Waals surface area contributed by atoms with E-state index in [-0.39, 0.29) is 5.91 Å². The fraction of sp³-hybridized carbons (Fsp3) is 0. The standard InChI is InChI=1S/C15H10BrN3O/c16-13-6-5-10-8-12(4-3-11(10)9-13)15(20)18-14-2-1-7-17-19-14/h1-9H,(H,18,19,20). The molecule has 20 heavy (non-hydrogen) atoms. The van der Waals surface area contributed by atoms with Crippen LogP contribution in [0, 0.1) is 0 Å². The van der Waals surface area contributed by atoms with Crippen LogP contribution >= 0.6 is 15.9 Å². The zero-order chi connectivity index (χ0) is 13.9. The first kappa shape index (κ1) is 12.7. The van der Waals surface area contributed by atoms with Crippen LogP contribution in [0.25, 0.3) is 10.8 Å². The molecule has 3 rings (SSSR count). The van der Waals surface area contributed by atoms with Crippen molar-refractivity contribution in [2.75, 3.05) is 5.32 Å². The monoisotopic (exact) mass is 327 g/mol. The maximum Gasteiger partial charge on any atom is 0.256 e. The normalized spacial score (nSPS) is 10.4. The van der Waals surface area contributed by atoms with Gasteiger partial charge in [-0.05, 0) is 47.2 Å². The highest BCUT2D eigenvalue weighted by molar-refractivity contribution is 9.10. The van der Waals surface area contributed by atoms with Crippen molar-refractivity contribution in [1.29, 1.82) is 0 Å². The fourth-order valence-electron chi connectivity index (χ4n) is 1.91. The summed E-state index contributed by atoms with van der Waals surface area (Å²) in [4.78, 5) is 12.1. The van der Waals surface area contributed by atoms with Gasteiger partial charge in [0, 0.05) is 16.2 Å². The first-order valence-corrected chi connectivity index (χ1v) is 6.80. The number of carbonyl (C=O) groups is 1. The number of halogens is 1. The third-order valence-electron chi connectivity index (χ3n) is 2.88. The summed E-state index contributed by atoms with van der Waals surface area (Å²) in [5.74, 6) is 0.240. The van der Waals surface area contributed by atoms with E-state index in [1.54, 1.807) is 24.4 Å². The summed E-state index contributed by atoms with van der Waals surface area (Å²) in [5, 5.41) is 12.4. The predicted molar refractivity (Wildman–Crippen MR) is 81.6 cm³/mol. The molecule has 0 radical (unpaired) electrons. The molecular formula is C15H10BrN3O. The molecule has 4 nitrogen and oxygen atoms in total. The summed E-state index contributed by atoms with van der Waals surface area (Å²) in [5.41, 5.74) is 0.588. The van der Waals surface area contributed by atoms with Gasteiger partial charge in [0.05, 0.1) is 0 Å². The van der Waals surface area contributed by atoms with Gasteiger partial charge in [-0.3, -0.25) is 4.79 Å². The Morgan fingerprint density at radius 2 is 1.85 bits per heavy atom. The third kappa shape index (κ3) is 2.67. The Hall–Kier alpha value is -2.27. The number of amides is 1. The van der Waals surface area contributed by atoms with Crippen molar-refractivity contribution in [3.8, 4) is 0 Å². The Kier molecular flexibility index (Phi) is 3.43. The Morgan fingerprint density at radius 3 is 2.65 bits per heavy atom. The van der Waals surface area contributed by atoms with E-state index in [4.69, 9.17) is 0 Å². The molecule has 0 unspecified atom stereocenters. The summed E-state index contributed by atoms with van der Waals surface area (Å²) in [6, 6.07) is 14.9. The molecule has 1 aromatic heterocycles. The van der Waals surface area contributed by atoms with Gasteiger partial charge in [-0.25, -0.2) is 0 Å². The lowest BCUT2D eigenvalue weighted by Gasteiger charge is -2.05. The second-order valence-corrected chi connectivity index (χ2v) is 5.18. The van der Waals surface area contributed by atoms with E-state index in [1.807, 2.05) is 30.3 Å². The smallest absolute Gasteiger partial charge is 0.256 e. The summed E-state index contributed by atoms with van der Waals surface area (Å²) in [7, 11) is 0. The summed E-state index contributed by atoms with van der Waals surface area (Å²) in [6.45, 7) is 0. The number of hydrogen-bond acceptors (Lipinski definition) is 3. The molecule has 0 aliphatic carbocycles. The number of anilines is 1. The highest BCUT2D eigenvalue weighted by Crippen LogP contribution is 2.21. The summed E-state index contributed by atoms with van der Waals surface area (Å²) < 4.78 is 1.02. The van der Waals surface area contributed by atoms with Gasteiger partial charge in [0.2, 0.25) is 0 Å². The van der Waals surface area contributed by atoms with Crippen molar-refractivity contribution in [3.63, 3.8) is 0 Å². The van der Waals surface area contributed by atoms with Gasteiger partial charge in [-0.1, -0.05) is 28.1 Å². The van der Waals surface area contributed by atoms with Gasteiger partial charge in [0.15, 0.2) is 5.82 Å². The molecule has 0 aliphatic rings. The van der Waals surface area contributed by atoms with Crippen LogP contribution in [0.15, 0.2) is 59.2 Å². The lowest BCUT2D eigenvalue weighted by molar-refractivity contribution is 0.102. The molecule has 2 aromatic carbocycles. The van der Waals surface area contributed by atoms with Gasteiger partial charge in [0.1, 0.15) is 0 Å². The van der Waals surface area contributed by atoms with Crippen LogP contribution < -0.4 is 5.32 Å². The first-order chi connectivity index (χ1) is 9.72. The van der Waals surface area contributed by atoms with E-state index >= 15 is 0 Å². The Bertz CT molecular complexity index is 774. The second kappa shape index (κ2) is 5.38.